The molecule has 1 saturated heterocycles. The normalized spacial score (nSPS) is 15.3. The Hall–Kier alpha value is -1.65. The van der Waals surface area contributed by atoms with Gasteiger partial charge in [0.15, 0.2) is 5.96 Å². The van der Waals surface area contributed by atoms with Crippen LogP contribution in [-0.4, -0.2) is 72.1 Å². The minimum Gasteiger partial charge on any atom is -0.364 e. The van der Waals surface area contributed by atoms with Crippen molar-refractivity contribution in [2.75, 3.05) is 46.3 Å². The van der Waals surface area contributed by atoms with Crippen LogP contribution in [0, 0.1) is 0 Å². The second kappa shape index (κ2) is 12.9. The van der Waals surface area contributed by atoms with E-state index in [0.717, 1.165) is 70.6 Å². The summed E-state index contributed by atoms with van der Waals surface area (Å²) >= 11 is 0. The molecule has 1 aromatic carbocycles. The number of benzene rings is 1. The first-order valence-electron chi connectivity index (χ1n) is 10.6. The third-order valence-corrected chi connectivity index (χ3v) is 5.60. The zero-order valence-corrected chi connectivity index (χ0v) is 20.7. The first-order chi connectivity index (χ1) is 14.2. The predicted molar refractivity (Wildman–Crippen MR) is 132 cm³/mol. The molecule has 166 valence electrons. The predicted octanol–water partition coefficient (Wildman–Crippen LogP) is 3.03. The molecule has 3 rings (SSSR count). The number of aliphatic imine (C=N–C) groups is 1. The fourth-order valence-corrected chi connectivity index (χ4v) is 3.74. The first kappa shape index (κ1) is 24.6. The van der Waals surface area contributed by atoms with E-state index in [1.54, 1.807) is 6.26 Å². The lowest BCUT2D eigenvalue weighted by Gasteiger charge is -2.36. The zero-order valence-electron chi connectivity index (χ0n) is 18.4. The van der Waals surface area contributed by atoms with Gasteiger partial charge in [-0.25, -0.2) is 0 Å². The second-order valence-electron chi connectivity index (χ2n) is 7.38. The Balaban J connectivity index is 0.00000320. The molecule has 2 heterocycles. The van der Waals surface area contributed by atoms with E-state index >= 15 is 0 Å². The van der Waals surface area contributed by atoms with Gasteiger partial charge in [0.1, 0.15) is 6.26 Å². The van der Waals surface area contributed by atoms with Crippen molar-refractivity contribution < 1.29 is 4.52 Å². The summed E-state index contributed by atoms with van der Waals surface area (Å²) < 4.78 is 4.94. The highest BCUT2D eigenvalue weighted by Crippen LogP contribution is 2.13. The average Bonchev–Trinajstić information content (AvgIpc) is 3.27. The van der Waals surface area contributed by atoms with Crippen molar-refractivity contribution in [3.05, 3.63) is 53.4 Å². The van der Waals surface area contributed by atoms with E-state index in [0.29, 0.717) is 0 Å². The number of hydrogen-bond donors (Lipinski definition) is 1. The van der Waals surface area contributed by atoms with Crippen molar-refractivity contribution in [3.8, 4) is 0 Å². The first-order valence-corrected chi connectivity index (χ1v) is 10.6. The Morgan fingerprint density at radius 2 is 1.80 bits per heavy atom. The van der Waals surface area contributed by atoms with E-state index in [4.69, 9.17) is 4.52 Å². The van der Waals surface area contributed by atoms with E-state index in [2.05, 4.69) is 68.3 Å². The topological polar surface area (TPSA) is 60.1 Å². The molecule has 0 radical (unpaired) electrons. The molecule has 0 spiro atoms. The lowest BCUT2D eigenvalue weighted by molar-refractivity contribution is 0.169. The number of nitrogens with zero attached hydrogens (tertiary/aromatic N) is 5. The van der Waals surface area contributed by atoms with Gasteiger partial charge in [0, 0.05) is 58.9 Å². The van der Waals surface area contributed by atoms with E-state index < -0.39 is 0 Å². The third kappa shape index (κ3) is 6.95. The van der Waals surface area contributed by atoms with Gasteiger partial charge in [-0.2, -0.15) is 0 Å². The molecule has 8 heteroatoms. The molecule has 7 nitrogen and oxygen atoms in total. The summed E-state index contributed by atoms with van der Waals surface area (Å²) in [5.74, 6) is 0.976. The molecule has 1 aliphatic rings. The molecule has 1 aliphatic heterocycles. The van der Waals surface area contributed by atoms with Crippen molar-refractivity contribution >= 4 is 29.9 Å². The SMILES string of the molecule is CCN(CC)Cc1ccccc1CNC(=NC)N1CCN(Cc2ccon2)CC1.I. The van der Waals surface area contributed by atoms with Crippen molar-refractivity contribution in [3.63, 3.8) is 0 Å². The zero-order chi connectivity index (χ0) is 20.5. The Morgan fingerprint density at radius 1 is 1.10 bits per heavy atom. The molecule has 1 N–H and O–H groups in total. The number of rotatable bonds is 8. The monoisotopic (exact) mass is 526 g/mol. The largest absolute Gasteiger partial charge is 0.364 e. The van der Waals surface area contributed by atoms with Crippen LogP contribution in [0.1, 0.15) is 30.7 Å². The Morgan fingerprint density at radius 3 is 2.40 bits per heavy atom. The maximum atomic E-state index is 4.94. The van der Waals surface area contributed by atoms with Crippen LogP contribution >= 0.6 is 24.0 Å². The van der Waals surface area contributed by atoms with Crippen LogP contribution < -0.4 is 5.32 Å². The fourth-order valence-electron chi connectivity index (χ4n) is 3.74. The molecule has 0 saturated carbocycles. The number of hydrogen-bond acceptors (Lipinski definition) is 5. The van der Waals surface area contributed by atoms with Gasteiger partial charge >= 0.3 is 0 Å². The molecule has 0 bridgehead atoms. The molecule has 0 aliphatic carbocycles. The van der Waals surface area contributed by atoms with Gasteiger partial charge in [0.25, 0.3) is 0 Å². The Kier molecular flexibility index (Phi) is 10.6. The third-order valence-electron chi connectivity index (χ3n) is 5.60. The van der Waals surface area contributed by atoms with Crippen LogP contribution in [0.2, 0.25) is 0 Å². The van der Waals surface area contributed by atoms with Gasteiger partial charge in [-0.15, -0.1) is 24.0 Å². The quantitative estimate of drug-likeness (QED) is 0.324. The number of aromatic nitrogens is 1. The van der Waals surface area contributed by atoms with Crippen molar-refractivity contribution in [1.82, 2.24) is 25.2 Å². The summed E-state index contributed by atoms with van der Waals surface area (Å²) in [7, 11) is 1.87. The molecular formula is C22H35IN6O. The van der Waals surface area contributed by atoms with E-state index in [9.17, 15) is 0 Å². The summed E-state index contributed by atoms with van der Waals surface area (Å²) in [6, 6.07) is 10.6. The highest BCUT2D eigenvalue weighted by atomic mass is 127. The Bertz CT molecular complexity index is 755. The van der Waals surface area contributed by atoms with Crippen molar-refractivity contribution in [2.45, 2.75) is 33.5 Å². The van der Waals surface area contributed by atoms with Gasteiger partial charge in [-0.05, 0) is 24.2 Å². The molecule has 30 heavy (non-hydrogen) atoms. The van der Waals surface area contributed by atoms with E-state index in [1.165, 1.54) is 11.1 Å². The maximum absolute atomic E-state index is 4.94. The second-order valence-corrected chi connectivity index (χ2v) is 7.38. The van der Waals surface area contributed by atoms with Crippen LogP contribution in [0.5, 0.6) is 0 Å². The molecular weight excluding hydrogens is 491 g/mol. The van der Waals surface area contributed by atoms with Crippen LogP contribution in [0.3, 0.4) is 0 Å². The van der Waals surface area contributed by atoms with Crippen LogP contribution in [0.15, 0.2) is 46.1 Å². The molecule has 2 aromatic rings. The molecule has 1 fully saturated rings. The minimum absolute atomic E-state index is 0. The highest BCUT2D eigenvalue weighted by molar-refractivity contribution is 14.0. The van der Waals surface area contributed by atoms with E-state index in [1.807, 2.05) is 13.1 Å². The lowest BCUT2D eigenvalue weighted by atomic mass is 10.1. The maximum Gasteiger partial charge on any atom is 0.194 e. The summed E-state index contributed by atoms with van der Waals surface area (Å²) in [6.07, 6.45) is 1.63. The van der Waals surface area contributed by atoms with Gasteiger partial charge < -0.3 is 14.7 Å². The minimum atomic E-state index is 0. The van der Waals surface area contributed by atoms with E-state index in [-0.39, 0.29) is 24.0 Å². The molecule has 1 aromatic heterocycles. The molecule has 0 amide bonds. The van der Waals surface area contributed by atoms with Crippen LogP contribution in [0.25, 0.3) is 0 Å². The van der Waals surface area contributed by atoms with Gasteiger partial charge in [0.05, 0.1) is 5.69 Å². The lowest BCUT2D eigenvalue weighted by Crippen LogP contribution is -2.52. The summed E-state index contributed by atoms with van der Waals surface area (Å²) in [6.45, 7) is 13.1. The molecule has 0 unspecified atom stereocenters. The van der Waals surface area contributed by atoms with Gasteiger partial charge in [0.2, 0.25) is 0 Å². The van der Waals surface area contributed by atoms with Gasteiger partial charge in [-0.3, -0.25) is 14.8 Å². The van der Waals surface area contributed by atoms with Gasteiger partial charge in [-0.1, -0.05) is 43.3 Å². The molecule has 0 atom stereocenters. The average molecular weight is 526 g/mol. The van der Waals surface area contributed by atoms with Crippen LogP contribution in [-0.2, 0) is 19.6 Å². The summed E-state index contributed by atoms with van der Waals surface area (Å²) in [5.41, 5.74) is 3.72. The number of piperazine rings is 1. The number of guanidine groups is 1. The summed E-state index contributed by atoms with van der Waals surface area (Å²) in [4.78, 5) is 11.7. The standard InChI is InChI=1S/C22H34N6O.HI/c1-4-26(5-2)17-20-9-7-6-8-19(20)16-24-22(23-3)28-13-11-27(12-14-28)18-21-10-15-29-25-21;/h6-10,15H,4-5,11-14,16-18H2,1-3H3,(H,23,24);1H. The smallest absolute Gasteiger partial charge is 0.194 e. The van der Waals surface area contributed by atoms with Crippen LogP contribution in [0.4, 0.5) is 0 Å². The van der Waals surface area contributed by atoms with Crippen molar-refractivity contribution in [2.24, 2.45) is 4.99 Å². The number of nitrogens with one attached hydrogen (secondary N) is 1. The number of halogens is 1. The fraction of sp³-hybridized carbons (Fsp3) is 0.545. The summed E-state index contributed by atoms with van der Waals surface area (Å²) in [5, 5.41) is 7.59. The van der Waals surface area contributed by atoms with Crippen molar-refractivity contribution in [1.29, 1.82) is 0 Å². The Labute approximate surface area is 197 Å². The highest BCUT2D eigenvalue weighted by Gasteiger charge is 2.20.